The quantitative estimate of drug-likeness (QED) is 0.541. The van der Waals surface area contributed by atoms with Gasteiger partial charge in [0.25, 0.3) is 0 Å². The lowest BCUT2D eigenvalue weighted by atomic mass is 9.98. The average molecular weight is 358 g/mol. The lowest BCUT2D eigenvalue weighted by Crippen LogP contribution is -2.24. The van der Waals surface area contributed by atoms with E-state index in [1.165, 1.54) is 19.3 Å². The summed E-state index contributed by atoms with van der Waals surface area (Å²) in [7, 11) is 0. The lowest BCUT2D eigenvalue weighted by Gasteiger charge is -2.22. The first-order valence-electron chi connectivity index (χ1n) is 10.2. The highest BCUT2D eigenvalue weighted by atomic mass is 16.5. The Kier molecular flexibility index (Phi) is 6.70. The summed E-state index contributed by atoms with van der Waals surface area (Å²) in [5, 5.41) is 0. The molecule has 3 rings (SSSR count). The smallest absolute Gasteiger partial charge is 0.338 e. The maximum atomic E-state index is 12.6. The summed E-state index contributed by atoms with van der Waals surface area (Å²) in [4.78, 5) is 25.0. The molecule has 0 spiro atoms. The second-order valence-corrected chi connectivity index (χ2v) is 7.81. The highest BCUT2D eigenvalue weighted by Gasteiger charge is 2.25. The molecule has 2 atom stereocenters. The molecule has 2 aliphatic carbocycles. The second kappa shape index (κ2) is 9.20. The van der Waals surface area contributed by atoms with Crippen LogP contribution < -0.4 is 0 Å². The summed E-state index contributed by atoms with van der Waals surface area (Å²) in [5.74, 6) is -0.286. The Morgan fingerprint density at radius 1 is 0.808 bits per heavy atom. The van der Waals surface area contributed by atoms with E-state index in [-0.39, 0.29) is 24.1 Å². The van der Waals surface area contributed by atoms with E-state index < -0.39 is 0 Å². The van der Waals surface area contributed by atoms with Gasteiger partial charge >= 0.3 is 11.9 Å². The van der Waals surface area contributed by atoms with Crippen LogP contribution in [0.4, 0.5) is 0 Å². The minimum atomic E-state index is -0.339. The van der Waals surface area contributed by atoms with Gasteiger partial charge in [-0.1, -0.05) is 32.3 Å². The summed E-state index contributed by atoms with van der Waals surface area (Å²) in [5.41, 5.74) is 0.860. The summed E-state index contributed by atoms with van der Waals surface area (Å²) in [6, 6.07) is 6.75. The fourth-order valence-corrected chi connectivity index (χ4v) is 4.02. The topological polar surface area (TPSA) is 52.6 Å². The van der Waals surface area contributed by atoms with Gasteiger partial charge < -0.3 is 9.47 Å². The number of hydrogen-bond donors (Lipinski definition) is 0. The van der Waals surface area contributed by atoms with Crippen molar-refractivity contribution in [3.05, 3.63) is 35.4 Å². The van der Waals surface area contributed by atoms with Crippen LogP contribution in [0, 0.1) is 5.92 Å². The molecule has 4 nitrogen and oxygen atoms in total. The molecule has 2 saturated carbocycles. The van der Waals surface area contributed by atoms with Crippen LogP contribution in [-0.2, 0) is 9.47 Å². The Hall–Kier alpha value is -1.84. The van der Waals surface area contributed by atoms with Crippen LogP contribution in [0.2, 0.25) is 0 Å². The third-order valence-corrected chi connectivity index (χ3v) is 5.70. The average Bonchev–Trinajstić information content (AvgIpc) is 2.87. The molecule has 0 heterocycles. The van der Waals surface area contributed by atoms with Crippen molar-refractivity contribution in [1.82, 2.24) is 0 Å². The Morgan fingerprint density at radius 3 is 2.08 bits per heavy atom. The van der Waals surface area contributed by atoms with Gasteiger partial charge in [0.05, 0.1) is 11.1 Å². The van der Waals surface area contributed by atoms with Crippen molar-refractivity contribution in [2.75, 3.05) is 0 Å². The Balaban J connectivity index is 1.62. The largest absolute Gasteiger partial charge is 0.459 e. The zero-order valence-electron chi connectivity index (χ0n) is 15.7. The van der Waals surface area contributed by atoms with Gasteiger partial charge in [-0.3, -0.25) is 0 Å². The van der Waals surface area contributed by atoms with Gasteiger partial charge in [-0.15, -0.1) is 0 Å². The summed E-state index contributed by atoms with van der Waals surface area (Å²) in [6.07, 6.45) is 10.9. The predicted molar refractivity (Wildman–Crippen MR) is 100 cm³/mol. The molecular weight excluding hydrogens is 328 g/mol. The number of hydrogen-bond acceptors (Lipinski definition) is 4. The number of esters is 2. The molecule has 0 radical (unpaired) electrons. The molecule has 1 aromatic carbocycles. The van der Waals surface area contributed by atoms with Gasteiger partial charge in [-0.05, 0) is 69.1 Å². The summed E-state index contributed by atoms with van der Waals surface area (Å²) >= 11 is 0. The first kappa shape index (κ1) is 18.9. The molecule has 142 valence electrons. The van der Waals surface area contributed by atoms with Crippen LogP contribution in [0.5, 0.6) is 0 Å². The van der Waals surface area contributed by atoms with E-state index in [9.17, 15) is 9.59 Å². The van der Waals surface area contributed by atoms with Crippen LogP contribution in [0.3, 0.4) is 0 Å². The standard InChI is InChI=1S/C22H30O4/c1-16-9-4-2-7-14-20(16)26-22(24)18-11-8-10-17(15-18)21(23)25-19-12-5-3-6-13-19/h8,10-11,15-16,19-20H,2-7,9,12-14H2,1H3. The molecule has 0 saturated heterocycles. The Bertz CT molecular complexity index is 618. The van der Waals surface area contributed by atoms with Crippen LogP contribution >= 0.6 is 0 Å². The molecule has 26 heavy (non-hydrogen) atoms. The van der Waals surface area contributed by atoms with Crippen molar-refractivity contribution in [2.45, 2.75) is 83.3 Å². The molecule has 0 aromatic heterocycles. The van der Waals surface area contributed by atoms with Gasteiger partial charge in [0, 0.05) is 0 Å². The zero-order valence-corrected chi connectivity index (χ0v) is 15.7. The van der Waals surface area contributed by atoms with E-state index in [2.05, 4.69) is 6.92 Å². The molecule has 0 aliphatic heterocycles. The first-order valence-corrected chi connectivity index (χ1v) is 10.2. The van der Waals surface area contributed by atoms with Gasteiger partial charge in [-0.25, -0.2) is 9.59 Å². The molecule has 0 amide bonds. The van der Waals surface area contributed by atoms with E-state index in [1.807, 2.05) is 0 Å². The molecule has 4 heteroatoms. The van der Waals surface area contributed by atoms with E-state index in [1.54, 1.807) is 24.3 Å². The third-order valence-electron chi connectivity index (χ3n) is 5.70. The molecular formula is C22H30O4. The number of rotatable bonds is 4. The molecule has 2 unspecified atom stereocenters. The minimum Gasteiger partial charge on any atom is -0.459 e. The molecule has 2 aliphatic rings. The van der Waals surface area contributed by atoms with E-state index in [0.717, 1.165) is 44.9 Å². The normalized spacial score (nSPS) is 24.5. The summed E-state index contributed by atoms with van der Waals surface area (Å²) in [6.45, 7) is 2.15. The van der Waals surface area contributed by atoms with Crippen molar-refractivity contribution in [1.29, 1.82) is 0 Å². The summed E-state index contributed by atoms with van der Waals surface area (Å²) < 4.78 is 11.4. The zero-order chi connectivity index (χ0) is 18.4. The predicted octanol–water partition coefficient (Wildman–Crippen LogP) is 5.30. The highest BCUT2D eigenvalue weighted by molar-refractivity contribution is 5.95. The first-order chi connectivity index (χ1) is 12.6. The van der Waals surface area contributed by atoms with Crippen LogP contribution in [0.15, 0.2) is 24.3 Å². The monoisotopic (exact) mass is 358 g/mol. The SMILES string of the molecule is CC1CCCCCC1OC(=O)c1cccc(C(=O)OC2CCCCC2)c1. The van der Waals surface area contributed by atoms with E-state index in [0.29, 0.717) is 17.0 Å². The van der Waals surface area contributed by atoms with E-state index >= 15 is 0 Å². The van der Waals surface area contributed by atoms with Crippen molar-refractivity contribution >= 4 is 11.9 Å². The second-order valence-electron chi connectivity index (χ2n) is 7.81. The number of benzene rings is 1. The van der Waals surface area contributed by atoms with Gasteiger partial charge in [0.15, 0.2) is 0 Å². The van der Waals surface area contributed by atoms with Crippen molar-refractivity contribution in [3.8, 4) is 0 Å². The third kappa shape index (κ3) is 5.09. The van der Waals surface area contributed by atoms with Crippen molar-refractivity contribution < 1.29 is 19.1 Å². The van der Waals surface area contributed by atoms with Gasteiger partial charge in [0.2, 0.25) is 0 Å². The molecule has 0 N–H and O–H groups in total. The maximum absolute atomic E-state index is 12.6. The number of carbonyl (C=O) groups excluding carboxylic acids is 2. The van der Waals surface area contributed by atoms with Crippen LogP contribution in [0.1, 0.15) is 91.8 Å². The fourth-order valence-electron chi connectivity index (χ4n) is 4.02. The lowest BCUT2D eigenvalue weighted by molar-refractivity contribution is 0.0142. The number of carbonyl (C=O) groups is 2. The van der Waals surface area contributed by atoms with Crippen molar-refractivity contribution in [3.63, 3.8) is 0 Å². The Morgan fingerprint density at radius 2 is 1.38 bits per heavy atom. The Labute approximate surface area is 156 Å². The fraction of sp³-hybridized carbons (Fsp3) is 0.636. The highest BCUT2D eigenvalue weighted by Crippen LogP contribution is 2.26. The maximum Gasteiger partial charge on any atom is 0.338 e. The van der Waals surface area contributed by atoms with Crippen LogP contribution in [-0.4, -0.2) is 24.1 Å². The molecule has 1 aromatic rings. The van der Waals surface area contributed by atoms with E-state index in [4.69, 9.17) is 9.47 Å². The molecule has 0 bridgehead atoms. The van der Waals surface area contributed by atoms with Gasteiger partial charge in [0.1, 0.15) is 12.2 Å². The van der Waals surface area contributed by atoms with Crippen molar-refractivity contribution in [2.24, 2.45) is 5.92 Å². The molecule has 2 fully saturated rings. The minimum absolute atomic E-state index is 0.0127. The van der Waals surface area contributed by atoms with Gasteiger partial charge in [-0.2, -0.15) is 0 Å². The van der Waals surface area contributed by atoms with Crippen LogP contribution in [0.25, 0.3) is 0 Å². The number of ether oxygens (including phenoxy) is 2.